The Morgan fingerprint density at radius 2 is 1.88 bits per heavy atom. The third-order valence-corrected chi connectivity index (χ3v) is 6.64. The zero-order chi connectivity index (χ0) is 24.8. The standard InChI is InChI=1S/C23H19BrF4N2O4/c1-13(23(26,27)28)29(11-14-2-5-17(25)6-3-14)19(31)12-30-20(32)22(34-21(30)33)9-8-15-10-16(24)4-7-18(15)22/h2-7,10,13H,8-9,11-12H2,1H3/t13-,22-/m0/s1. The van der Waals surface area contributed by atoms with Gasteiger partial charge < -0.3 is 9.64 Å². The number of alkyl halides is 3. The summed E-state index contributed by atoms with van der Waals surface area (Å²) >= 11 is 3.34. The van der Waals surface area contributed by atoms with E-state index >= 15 is 0 Å². The molecule has 0 aromatic heterocycles. The number of amides is 3. The third-order valence-electron chi connectivity index (χ3n) is 6.14. The van der Waals surface area contributed by atoms with Crippen molar-refractivity contribution >= 4 is 33.8 Å². The lowest BCUT2D eigenvalue weighted by molar-refractivity contribution is -0.187. The monoisotopic (exact) mass is 542 g/mol. The fourth-order valence-electron chi connectivity index (χ4n) is 4.25. The molecule has 2 atom stereocenters. The molecule has 0 radical (unpaired) electrons. The molecule has 0 bridgehead atoms. The predicted molar refractivity (Wildman–Crippen MR) is 115 cm³/mol. The highest BCUT2D eigenvalue weighted by Crippen LogP contribution is 2.46. The van der Waals surface area contributed by atoms with E-state index in [0.717, 1.165) is 29.1 Å². The highest BCUT2D eigenvalue weighted by atomic mass is 79.9. The number of rotatable bonds is 5. The number of carbonyl (C=O) groups excluding carboxylic acids is 3. The van der Waals surface area contributed by atoms with Crippen LogP contribution in [0.5, 0.6) is 0 Å². The van der Waals surface area contributed by atoms with E-state index in [1.54, 1.807) is 18.2 Å². The fraction of sp³-hybridized carbons (Fsp3) is 0.348. The zero-order valence-corrected chi connectivity index (χ0v) is 19.5. The maximum atomic E-state index is 13.5. The first-order valence-electron chi connectivity index (χ1n) is 10.4. The van der Waals surface area contributed by atoms with Gasteiger partial charge in [0.2, 0.25) is 11.5 Å². The van der Waals surface area contributed by atoms with Gasteiger partial charge in [0.1, 0.15) is 18.4 Å². The van der Waals surface area contributed by atoms with E-state index in [-0.39, 0.29) is 12.0 Å². The molecule has 2 aromatic rings. The lowest BCUT2D eigenvalue weighted by atomic mass is 9.95. The summed E-state index contributed by atoms with van der Waals surface area (Å²) < 4.78 is 59.9. The number of ether oxygens (including phenoxy) is 1. The molecule has 4 rings (SSSR count). The van der Waals surface area contributed by atoms with Crippen LogP contribution in [-0.4, -0.2) is 46.5 Å². The van der Waals surface area contributed by atoms with E-state index < -0.39 is 54.6 Å². The molecule has 0 unspecified atom stereocenters. The molecule has 1 fully saturated rings. The second-order valence-corrected chi connectivity index (χ2v) is 9.17. The Kier molecular flexibility index (Phi) is 6.17. The predicted octanol–water partition coefficient (Wildman–Crippen LogP) is 4.69. The van der Waals surface area contributed by atoms with Crippen LogP contribution >= 0.6 is 15.9 Å². The van der Waals surface area contributed by atoms with Gasteiger partial charge in [-0.3, -0.25) is 9.59 Å². The van der Waals surface area contributed by atoms with Crippen LogP contribution in [-0.2, 0) is 32.9 Å². The molecule has 1 spiro atoms. The summed E-state index contributed by atoms with van der Waals surface area (Å²) in [4.78, 5) is 39.9. The van der Waals surface area contributed by atoms with E-state index in [1.807, 2.05) is 0 Å². The first-order valence-corrected chi connectivity index (χ1v) is 11.2. The van der Waals surface area contributed by atoms with Crippen LogP contribution in [0, 0.1) is 5.82 Å². The Morgan fingerprint density at radius 1 is 1.21 bits per heavy atom. The molecular formula is C23H19BrF4N2O4. The molecular weight excluding hydrogens is 524 g/mol. The normalized spacial score (nSPS) is 20.5. The van der Waals surface area contributed by atoms with Gasteiger partial charge in [-0.25, -0.2) is 14.1 Å². The molecule has 1 aliphatic heterocycles. The number of imide groups is 1. The van der Waals surface area contributed by atoms with E-state index in [9.17, 15) is 31.9 Å². The Morgan fingerprint density at radius 3 is 2.53 bits per heavy atom. The van der Waals surface area contributed by atoms with Crippen LogP contribution in [0.1, 0.15) is 30.0 Å². The van der Waals surface area contributed by atoms with E-state index in [4.69, 9.17) is 4.74 Å². The lowest BCUT2D eigenvalue weighted by Gasteiger charge is -2.31. The van der Waals surface area contributed by atoms with E-state index in [1.165, 1.54) is 12.1 Å². The van der Waals surface area contributed by atoms with Crippen molar-refractivity contribution in [3.05, 3.63) is 69.4 Å². The number of fused-ring (bicyclic) bond motifs is 2. The minimum absolute atomic E-state index is 0.173. The summed E-state index contributed by atoms with van der Waals surface area (Å²) in [6.45, 7) is -0.593. The van der Waals surface area contributed by atoms with Crippen LogP contribution in [0.15, 0.2) is 46.9 Å². The fourth-order valence-corrected chi connectivity index (χ4v) is 4.66. The zero-order valence-electron chi connectivity index (χ0n) is 17.9. The lowest BCUT2D eigenvalue weighted by Crippen LogP contribution is -2.51. The summed E-state index contributed by atoms with van der Waals surface area (Å²) in [6, 6.07) is 7.58. The number of hydrogen-bond acceptors (Lipinski definition) is 4. The Balaban J connectivity index is 1.58. The Bertz CT molecular complexity index is 1150. The molecule has 180 valence electrons. The van der Waals surface area contributed by atoms with Crippen molar-refractivity contribution in [3.8, 4) is 0 Å². The number of nitrogens with zero attached hydrogens (tertiary/aromatic N) is 2. The minimum atomic E-state index is -4.76. The maximum absolute atomic E-state index is 13.5. The quantitative estimate of drug-likeness (QED) is 0.514. The first kappa shape index (κ1) is 24.2. The highest BCUT2D eigenvalue weighted by molar-refractivity contribution is 9.10. The van der Waals surface area contributed by atoms with Gasteiger partial charge in [-0.1, -0.05) is 34.1 Å². The van der Waals surface area contributed by atoms with Crippen molar-refractivity contribution in [3.63, 3.8) is 0 Å². The number of carbonyl (C=O) groups is 3. The summed E-state index contributed by atoms with van der Waals surface area (Å²) in [5.41, 5.74) is -0.0405. The first-order chi connectivity index (χ1) is 15.9. The largest absolute Gasteiger partial charge is 0.427 e. The van der Waals surface area contributed by atoms with Gasteiger partial charge in [0.05, 0.1) is 0 Å². The van der Waals surface area contributed by atoms with Crippen molar-refractivity contribution in [1.29, 1.82) is 0 Å². The molecule has 3 amide bonds. The highest BCUT2D eigenvalue weighted by Gasteiger charge is 2.58. The van der Waals surface area contributed by atoms with Crippen molar-refractivity contribution in [2.45, 2.75) is 44.1 Å². The minimum Gasteiger partial charge on any atom is -0.427 e. The van der Waals surface area contributed by atoms with Gasteiger partial charge in [-0.15, -0.1) is 0 Å². The van der Waals surface area contributed by atoms with Gasteiger partial charge in [-0.05, 0) is 48.7 Å². The molecule has 1 saturated heterocycles. The molecule has 2 aromatic carbocycles. The number of halogens is 5. The molecule has 6 nitrogen and oxygen atoms in total. The molecule has 11 heteroatoms. The van der Waals surface area contributed by atoms with Crippen molar-refractivity contribution in [1.82, 2.24) is 9.80 Å². The van der Waals surface area contributed by atoms with Gasteiger partial charge >= 0.3 is 12.3 Å². The van der Waals surface area contributed by atoms with Crippen molar-refractivity contribution in [2.24, 2.45) is 0 Å². The topological polar surface area (TPSA) is 66.9 Å². The second-order valence-electron chi connectivity index (χ2n) is 8.25. The summed E-state index contributed by atoms with van der Waals surface area (Å²) in [5.74, 6) is -2.45. The van der Waals surface area contributed by atoms with Crippen molar-refractivity contribution < 1.29 is 36.7 Å². The molecule has 1 heterocycles. The average Bonchev–Trinajstić information content (AvgIpc) is 3.24. The summed E-state index contributed by atoms with van der Waals surface area (Å²) in [7, 11) is 0. The Hall–Kier alpha value is -2.95. The summed E-state index contributed by atoms with van der Waals surface area (Å²) in [5, 5.41) is 0. The van der Waals surface area contributed by atoms with E-state index in [2.05, 4.69) is 15.9 Å². The number of hydrogen-bond donors (Lipinski definition) is 0. The third kappa shape index (κ3) is 4.28. The second kappa shape index (κ2) is 8.68. The summed E-state index contributed by atoms with van der Waals surface area (Å²) in [6.07, 6.45) is -5.22. The van der Waals surface area contributed by atoms with Crippen LogP contribution in [0.2, 0.25) is 0 Å². The van der Waals surface area contributed by atoms with E-state index in [0.29, 0.717) is 21.8 Å². The SMILES string of the molecule is C[C@H](N(Cc1ccc(F)cc1)C(=O)CN1C(=O)O[C@]2(CCc3cc(Br)ccc32)C1=O)C(F)(F)F. The Labute approximate surface area is 200 Å². The number of benzene rings is 2. The van der Waals surface area contributed by atoms with Gasteiger partial charge in [-0.2, -0.15) is 13.2 Å². The van der Waals surface area contributed by atoms with Crippen LogP contribution in [0.4, 0.5) is 22.4 Å². The molecule has 1 aliphatic carbocycles. The maximum Gasteiger partial charge on any atom is 0.418 e. The molecule has 0 saturated carbocycles. The average molecular weight is 543 g/mol. The van der Waals surface area contributed by atoms with Gasteiger partial charge in [0, 0.05) is 23.0 Å². The molecule has 34 heavy (non-hydrogen) atoms. The molecule has 2 aliphatic rings. The van der Waals surface area contributed by atoms with Gasteiger partial charge in [0.15, 0.2) is 0 Å². The smallest absolute Gasteiger partial charge is 0.418 e. The van der Waals surface area contributed by atoms with Crippen LogP contribution < -0.4 is 0 Å². The molecule has 0 N–H and O–H groups in total. The van der Waals surface area contributed by atoms with Crippen molar-refractivity contribution in [2.75, 3.05) is 6.54 Å². The van der Waals surface area contributed by atoms with Gasteiger partial charge in [0.25, 0.3) is 5.91 Å². The number of aryl methyl sites for hydroxylation is 1. The van der Waals surface area contributed by atoms with Crippen LogP contribution in [0.25, 0.3) is 0 Å². The van der Waals surface area contributed by atoms with Crippen LogP contribution in [0.3, 0.4) is 0 Å².